The fourth-order valence-corrected chi connectivity index (χ4v) is 4.66. The van der Waals surface area contributed by atoms with Gasteiger partial charge in [-0.25, -0.2) is 9.37 Å². The third kappa shape index (κ3) is 6.32. The van der Waals surface area contributed by atoms with Crippen molar-refractivity contribution < 1.29 is 14.0 Å². The second-order valence-electron chi connectivity index (χ2n) is 9.26. The maximum absolute atomic E-state index is 13.6. The second kappa shape index (κ2) is 11.5. The highest BCUT2D eigenvalue weighted by Crippen LogP contribution is 2.23. The lowest BCUT2D eigenvalue weighted by Gasteiger charge is -2.14. The molecular formula is C29H28FN3O3S. The van der Waals surface area contributed by atoms with Gasteiger partial charge in [-0.3, -0.25) is 19.0 Å². The van der Waals surface area contributed by atoms with E-state index in [2.05, 4.69) is 24.1 Å². The van der Waals surface area contributed by atoms with Crippen LogP contribution in [0.25, 0.3) is 16.6 Å². The SMILES string of the molecule is Cc1ccc(C(=O)CSc2nc3cc(C(=O)NCCC(C)C)ccc3c(=O)n2-c2ccc(F)cc2)cc1. The largest absolute Gasteiger partial charge is 0.352 e. The number of hydrogen-bond acceptors (Lipinski definition) is 5. The average Bonchev–Trinajstić information content (AvgIpc) is 2.88. The maximum atomic E-state index is 13.6. The van der Waals surface area contributed by atoms with Gasteiger partial charge in [-0.2, -0.15) is 0 Å². The molecule has 0 atom stereocenters. The van der Waals surface area contributed by atoms with Crippen LogP contribution in [0.3, 0.4) is 0 Å². The standard InChI is InChI=1S/C29H28FN3O3S/c1-18(2)14-15-31-27(35)21-8-13-24-25(16-21)32-29(33(28(24)36)23-11-9-22(30)10-12-23)37-17-26(34)20-6-4-19(3)5-7-20/h4-13,16,18H,14-15,17H2,1-3H3,(H,31,35). The van der Waals surface area contributed by atoms with Gasteiger partial charge < -0.3 is 5.32 Å². The van der Waals surface area contributed by atoms with Gasteiger partial charge in [-0.1, -0.05) is 55.4 Å². The van der Waals surface area contributed by atoms with Crippen LogP contribution in [-0.2, 0) is 0 Å². The maximum Gasteiger partial charge on any atom is 0.266 e. The van der Waals surface area contributed by atoms with Crippen molar-refractivity contribution in [2.24, 2.45) is 5.92 Å². The molecule has 4 rings (SSSR count). The van der Waals surface area contributed by atoms with E-state index in [1.165, 1.54) is 28.8 Å². The molecule has 0 saturated carbocycles. The molecule has 1 N–H and O–H groups in total. The van der Waals surface area contributed by atoms with Crippen LogP contribution in [0, 0.1) is 18.7 Å². The van der Waals surface area contributed by atoms with Gasteiger partial charge >= 0.3 is 0 Å². The molecule has 0 aliphatic rings. The van der Waals surface area contributed by atoms with Gasteiger partial charge in [0, 0.05) is 17.7 Å². The Balaban J connectivity index is 1.71. The van der Waals surface area contributed by atoms with Crippen molar-refractivity contribution in [1.29, 1.82) is 0 Å². The van der Waals surface area contributed by atoms with E-state index in [-0.39, 0.29) is 28.2 Å². The molecular weight excluding hydrogens is 489 g/mol. The lowest BCUT2D eigenvalue weighted by atomic mass is 10.1. The number of amides is 1. The van der Waals surface area contributed by atoms with E-state index in [0.717, 1.165) is 23.7 Å². The molecule has 0 spiro atoms. The van der Waals surface area contributed by atoms with E-state index >= 15 is 0 Å². The molecule has 6 nitrogen and oxygen atoms in total. The highest BCUT2D eigenvalue weighted by molar-refractivity contribution is 7.99. The van der Waals surface area contributed by atoms with Crippen LogP contribution in [0.15, 0.2) is 76.7 Å². The number of carbonyl (C=O) groups excluding carboxylic acids is 2. The number of halogens is 1. The molecule has 0 unspecified atom stereocenters. The second-order valence-corrected chi connectivity index (χ2v) is 10.2. The predicted molar refractivity (Wildman–Crippen MR) is 145 cm³/mol. The summed E-state index contributed by atoms with van der Waals surface area (Å²) in [7, 11) is 0. The number of Topliss-reactive ketones (excluding diaryl/α,β-unsaturated/α-hetero) is 1. The molecule has 4 aromatic rings. The number of rotatable bonds is 9. The van der Waals surface area contributed by atoms with Gasteiger partial charge in [0.25, 0.3) is 11.5 Å². The van der Waals surface area contributed by atoms with Crippen LogP contribution < -0.4 is 10.9 Å². The average molecular weight is 518 g/mol. The van der Waals surface area contributed by atoms with Crippen molar-refractivity contribution in [3.63, 3.8) is 0 Å². The molecule has 0 bridgehead atoms. The number of nitrogens with zero attached hydrogens (tertiary/aromatic N) is 2. The van der Waals surface area contributed by atoms with Gasteiger partial charge in [-0.15, -0.1) is 0 Å². The summed E-state index contributed by atoms with van der Waals surface area (Å²) in [5, 5.41) is 3.49. The number of fused-ring (bicyclic) bond motifs is 1. The predicted octanol–water partition coefficient (Wildman–Crippen LogP) is 5.58. The van der Waals surface area contributed by atoms with E-state index in [1.54, 1.807) is 30.3 Å². The minimum absolute atomic E-state index is 0.0532. The fraction of sp³-hybridized carbons (Fsp3) is 0.241. The minimum atomic E-state index is -0.428. The van der Waals surface area contributed by atoms with Crippen molar-refractivity contribution in [3.8, 4) is 5.69 Å². The topological polar surface area (TPSA) is 81.1 Å². The van der Waals surface area contributed by atoms with E-state index in [4.69, 9.17) is 0 Å². The highest BCUT2D eigenvalue weighted by Gasteiger charge is 2.17. The van der Waals surface area contributed by atoms with Crippen molar-refractivity contribution in [1.82, 2.24) is 14.9 Å². The Labute approximate surface area is 218 Å². The first-order valence-electron chi connectivity index (χ1n) is 12.1. The summed E-state index contributed by atoms with van der Waals surface area (Å²) >= 11 is 1.12. The molecule has 37 heavy (non-hydrogen) atoms. The van der Waals surface area contributed by atoms with E-state index < -0.39 is 5.82 Å². The first-order valence-corrected chi connectivity index (χ1v) is 13.0. The number of aryl methyl sites for hydroxylation is 1. The van der Waals surface area contributed by atoms with Crippen LogP contribution in [0.2, 0.25) is 0 Å². The van der Waals surface area contributed by atoms with Gasteiger partial charge in [0.15, 0.2) is 10.9 Å². The van der Waals surface area contributed by atoms with Crippen LogP contribution in [0.4, 0.5) is 4.39 Å². The summed E-state index contributed by atoms with van der Waals surface area (Å²) in [5.74, 6) is -0.260. The molecule has 1 heterocycles. The molecule has 1 aromatic heterocycles. The molecule has 190 valence electrons. The van der Waals surface area contributed by atoms with Gasteiger partial charge in [-0.05, 0) is 61.7 Å². The van der Waals surface area contributed by atoms with Crippen molar-refractivity contribution in [2.45, 2.75) is 32.3 Å². The van der Waals surface area contributed by atoms with Gasteiger partial charge in [0.2, 0.25) is 0 Å². The Morgan fingerprint density at radius 2 is 1.68 bits per heavy atom. The zero-order chi connectivity index (χ0) is 26.5. The molecule has 3 aromatic carbocycles. The van der Waals surface area contributed by atoms with Crippen LogP contribution in [0.1, 0.15) is 46.5 Å². The third-order valence-corrected chi connectivity index (χ3v) is 6.84. The summed E-state index contributed by atoms with van der Waals surface area (Å²) < 4.78 is 15.0. The number of aromatic nitrogens is 2. The fourth-order valence-electron chi connectivity index (χ4n) is 3.75. The van der Waals surface area contributed by atoms with Gasteiger partial charge in [0.05, 0.1) is 22.3 Å². The Bertz CT molecular complexity index is 1500. The lowest BCUT2D eigenvalue weighted by molar-refractivity contribution is 0.0951. The number of hydrogen-bond donors (Lipinski definition) is 1. The van der Waals surface area contributed by atoms with Crippen molar-refractivity contribution in [3.05, 3.63) is 99.6 Å². The minimum Gasteiger partial charge on any atom is -0.352 e. The Kier molecular flexibility index (Phi) is 8.18. The smallest absolute Gasteiger partial charge is 0.266 e. The number of ketones is 1. The summed E-state index contributed by atoms with van der Waals surface area (Å²) in [6.45, 7) is 6.67. The Morgan fingerprint density at radius 3 is 2.35 bits per heavy atom. The van der Waals surface area contributed by atoms with E-state index in [1.807, 2.05) is 19.1 Å². The zero-order valence-corrected chi connectivity index (χ0v) is 21.8. The molecule has 0 aliphatic carbocycles. The normalized spacial score (nSPS) is 11.2. The molecule has 1 amide bonds. The monoisotopic (exact) mass is 517 g/mol. The third-order valence-electron chi connectivity index (χ3n) is 5.90. The van der Waals surface area contributed by atoms with Crippen molar-refractivity contribution >= 4 is 34.4 Å². The first-order chi connectivity index (χ1) is 17.7. The summed E-state index contributed by atoms with van der Waals surface area (Å²) in [5.41, 5.74) is 2.43. The molecule has 0 fully saturated rings. The first kappa shape index (κ1) is 26.3. The Morgan fingerprint density at radius 1 is 1.00 bits per heavy atom. The van der Waals surface area contributed by atoms with Gasteiger partial charge in [0.1, 0.15) is 5.82 Å². The lowest BCUT2D eigenvalue weighted by Crippen LogP contribution is -2.26. The molecule has 0 saturated heterocycles. The Hall–Kier alpha value is -3.78. The highest BCUT2D eigenvalue weighted by atomic mass is 32.2. The van der Waals surface area contributed by atoms with E-state index in [0.29, 0.717) is 40.2 Å². The zero-order valence-electron chi connectivity index (χ0n) is 21.0. The number of benzene rings is 3. The van der Waals surface area contributed by atoms with E-state index in [9.17, 15) is 18.8 Å². The summed E-state index contributed by atoms with van der Waals surface area (Å²) in [6.07, 6.45) is 0.857. The molecule has 8 heteroatoms. The number of nitrogens with one attached hydrogen (secondary N) is 1. The van der Waals surface area contributed by atoms with Crippen LogP contribution >= 0.6 is 11.8 Å². The molecule has 0 radical (unpaired) electrons. The van der Waals surface area contributed by atoms with Crippen molar-refractivity contribution in [2.75, 3.05) is 12.3 Å². The molecule has 0 aliphatic heterocycles. The van der Waals surface area contributed by atoms with Crippen LogP contribution in [0.5, 0.6) is 0 Å². The summed E-state index contributed by atoms with van der Waals surface area (Å²) in [4.78, 5) is 43.7. The summed E-state index contributed by atoms with van der Waals surface area (Å²) in [6, 6.07) is 17.6. The van der Waals surface area contributed by atoms with Crippen LogP contribution in [-0.4, -0.2) is 33.5 Å². The number of thioether (sulfide) groups is 1. The number of carbonyl (C=O) groups is 2. The quantitative estimate of drug-likeness (QED) is 0.178.